The summed E-state index contributed by atoms with van der Waals surface area (Å²) in [5.41, 5.74) is 1.54. The van der Waals surface area contributed by atoms with Crippen molar-refractivity contribution in [3.05, 3.63) is 68.2 Å². The van der Waals surface area contributed by atoms with Gasteiger partial charge in [0.25, 0.3) is 0 Å². The maximum absolute atomic E-state index is 12.2. The molecule has 6 nitrogen and oxygen atoms in total. The SMILES string of the molecule is C=C(C)/C(=C\C(O)=C(C)C)c1cc(=O)c(C(=O)N=O)cn1C(C)C. The Bertz CT molecular complexity index is 807. The molecule has 0 aliphatic heterocycles. The Kier molecular flexibility index (Phi) is 6.17. The highest BCUT2D eigenvalue weighted by molar-refractivity contribution is 5.94. The molecule has 1 N–H and O–H groups in total. The van der Waals surface area contributed by atoms with Crippen molar-refractivity contribution < 1.29 is 9.90 Å². The zero-order valence-electron chi connectivity index (χ0n) is 14.6. The first kappa shape index (κ1) is 19.3. The van der Waals surface area contributed by atoms with Gasteiger partial charge in [0.2, 0.25) is 0 Å². The van der Waals surface area contributed by atoms with Crippen LogP contribution in [-0.4, -0.2) is 15.6 Å². The molecule has 128 valence electrons. The van der Waals surface area contributed by atoms with Crippen molar-refractivity contribution in [3.8, 4) is 0 Å². The van der Waals surface area contributed by atoms with Gasteiger partial charge in [0, 0.05) is 29.1 Å². The van der Waals surface area contributed by atoms with Gasteiger partial charge in [0.1, 0.15) is 11.3 Å². The van der Waals surface area contributed by atoms with Crippen molar-refractivity contribution in [1.82, 2.24) is 4.57 Å². The molecule has 0 aliphatic carbocycles. The van der Waals surface area contributed by atoms with Gasteiger partial charge in [-0.25, -0.2) is 0 Å². The molecule has 6 heteroatoms. The Balaban J connectivity index is 3.79. The van der Waals surface area contributed by atoms with Crippen LogP contribution in [0.2, 0.25) is 0 Å². The normalized spacial score (nSPS) is 11.3. The van der Waals surface area contributed by atoms with E-state index in [4.69, 9.17) is 0 Å². The number of amides is 1. The Morgan fingerprint density at radius 1 is 1.33 bits per heavy atom. The largest absolute Gasteiger partial charge is 0.508 e. The summed E-state index contributed by atoms with van der Waals surface area (Å²) >= 11 is 0. The number of rotatable bonds is 5. The van der Waals surface area contributed by atoms with E-state index in [2.05, 4.69) is 11.8 Å². The van der Waals surface area contributed by atoms with E-state index in [9.17, 15) is 19.6 Å². The van der Waals surface area contributed by atoms with Crippen LogP contribution in [0.3, 0.4) is 0 Å². The number of nitrogens with zero attached hydrogens (tertiary/aromatic N) is 2. The van der Waals surface area contributed by atoms with Gasteiger partial charge < -0.3 is 9.67 Å². The first-order chi connectivity index (χ1) is 11.1. The molecule has 1 aromatic rings. The number of allylic oxidation sites excluding steroid dienone is 4. The summed E-state index contributed by atoms with van der Waals surface area (Å²) in [6, 6.07) is 1.16. The molecule has 0 fully saturated rings. The lowest BCUT2D eigenvalue weighted by Crippen LogP contribution is -2.20. The third kappa shape index (κ3) is 4.16. The number of carbonyl (C=O) groups is 1. The third-order valence-electron chi connectivity index (χ3n) is 3.48. The maximum Gasteiger partial charge on any atom is 0.322 e. The van der Waals surface area contributed by atoms with Gasteiger partial charge in [0.15, 0.2) is 5.43 Å². The molecule has 0 aliphatic rings. The number of nitroso groups, excluding NO2 is 1. The minimum absolute atomic E-state index is 0.0745. The topological polar surface area (TPSA) is 88.7 Å². The standard InChI is InChI=1S/C18H22N2O4/c1-10(2)13(7-16(21)11(3)4)15-8-17(22)14(18(23)19-24)9-20(15)12(5)6/h7-9,12,21H,1H2,2-6H3/b13-7+. The molecule has 0 saturated heterocycles. The Morgan fingerprint density at radius 3 is 2.33 bits per heavy atom. The van der Waals surface area contributed by atoms with E-state index in [1.807, 2.05) is 13.8 Å². The van der Waals surface area contributed by atoms with Crippen LogP contribution in [0, 0.1) is 4.91 Å². The predicted octanol–water partition coefficient (Wildman–Crippen LogP) is 4.15. The van der Waals surface area contributed by atoms with Crippen molar-refractivity contribution >= 4 is 11.5 Å². The van der Waals surface area contributed by atoms with Crippen molar-refractivity contribution in [3.63, 3.8) is 0 Å². The Labute approximate surface area is 140 Å². The smallest absolute Gasteiger partial charge is 0.322 e. The summed E-state index contributed by atoms with van der Waals surface area (Å²) < 4.78 is 1.68. The summed E-state index contributed by atoms with van der Waals surface area (Å²) in [6.45, 7) is 12.9. The molecule has 0 saturated carbocycles. The molecular weight excluding hydrogens is 308 g/mol. The molecule has 1 rings (SSSR count). The van der Waals surface area contributed by atoms with E-state index in [1.165, 1.54) is 18.3 Å². The highest BCUT2D eigenvalue weighted by atomic mass is 16.3. The van der Waals surface area contributed by atoms with Crippen LogP contribution in [0.4, 0.5) is 0 Å². The van der Waals surface area contributed by atoms with Crippen LogP contribution < -0.4 is 5.43 Å². The number of carbonyl (C=O) groups excluding carboxylic acids is 1. The first-order valence-electron chi connectivity index (χ1n) is 7.48. The second kappa shape index (κ2) is 7.68. The van der Waals surface area contributed by atoms with Crippen molar-refractivity contribution in [2.24, 2.45) is 5.18 Å². The number of aliphatic hydroxyl groups is 1. The van der Waals surface area contributed by atoms with Crippen LogP contribution in [0.5, 0.6) is 0 Å². The summed E-state index contributed by atoms with van der Waals surface area (Å²) in [6.07, 6.45) is 2.85. The quantitative estimate of drug-likeness (QED) is 0.499. The Morgan fingerprint density at radius 2 is 1.92 bits per heavy atom. The van der Waals surface area contributed by atoms with E-state index in [-0.39, 0.29) is 17.4 Å². The molecule has 0 radical (unpaired) electrons. The summed E-state index contributed by atoms with van der Waals surface area (Å²) in [7, 11) is 0. The summed E-state index contributed by atoms with van der Waals surface area (Å²) in [5.74, 6) is -1.03. The molecule has 0 aromatic carbocycles. The highest BCUT2D eigenvalue weighted by Crippen LogP contribution is 2.25. The molecule has 0 unspecified atom stereocenters. The van der Waals surface area contributed by atoms with E-state index in [1.54, 1.807) is 25.3 Å². The van der Waals surface area contributed by atoms with Crippen molar-refractivity contribution in [2.75, 3.05) is 0 Å². The van der Waals surface area contributed by atoms with Gasteiger partial charge in [-0.1, -0.05) is 6.58 Å². The minimum Gasteiger partial charge on any atom is -0.508 e. The van der Waals surface area contributed by atoms with E-state index in [0.717, 1.165) is 0 Å². The van der Waals surface area contributed by atoms with Crippen molar-refractivity contribution in [2.45, 2.75) is 40.7 Å². The van der Waals surface area contributed by atoms with Gasteiger partial charge in [-0.3, -0.25) is 9.59 Å². The zero-order valence-corrected chi connectivity index (χ0v) is 14.6. The van der Waals surface area contributed by atoms with E-state index >= 15 is 0 Å². The van der Waals surface area contributed by atoms with Crippen molar-refractivity contribution in [1.29, 1.82) is 0 Å². The lowest BCUT2D eigenvalue weighted by Gasteiger charge is -2.20. The molecule has 0 spiro atoms. The number of aliphatic hydroxyl groups excluding tert-OH is 1. The fraction of sp³-hybridized carbons (Fsp3) is 0.333. The van der Waals surface area contributed by atoms with Crippen LogP contribution in [-0.2, 0) is 0 Å². The lowest BCUT2D eigenvalue weighted by atomic mass is 10.0. The van der Waals surface area contributed by atoms with E-state index < -0.39 is 11.3 Å². The molecule has 1 aromatic heterocycles. The fourth-order valence-corrected chi connectivity index (χ4v) is 2.10. The maximum atomic E-state index is 12.2. The molecule has 1 amide bonds. The summed E-state index contributed by atoms with van der Waals surface area (Å²) in [5, 5.41) is 12.4. The molecule has 24 heavy (non-hydrogen) atoms. The molecular formula is C18H22N2O4. The van der Waals surface area contributed by atoms with Gasteiger partial charge in [-0.15, -0.1) is 4.91 Å². The lowest BCUT2D eigenvalue weighted by molar-refractivity contribution is 0.0999. The fourth-order valence-electron chi connectivity index (χ4n) is 2.10. The number of pyridine rings is 1. The van der Waals surface area contributed by atoms with Gasteiger partial charge in [-0.05, 0) is 51.8 Å². The second-order valence-electron chi connectivity index (χ2n) is 6.06. The van der Waals surface area contributed by atoms with Gasteiger partial charge in [0.05, 0.1) is 5.69 Å². The summed E-state index contributed by atoms with van der Waals surface area (Å²) in [4.78, 5) is 34.2. The van der Waals surface area contributed by atoms with Crippen LogP contribution >= 0.6 is 0 Å². The first-order valence-corrected chi connectivity index (χ1v) is 7.48. The Hall–Kier alpha value is -2.76. The number of aromatic nitrogens is 1. The van der Waals surface area contributed by atoms with Crippen LogP contribution in [0.1, 0.15) is 56.7 Å². The number of hydrogen-bond donors (Lipinski definition) is 1. The second-order valence-corrected chi connectivity index (χ2v) is 6.06. The monoisotopic (exact) mass is 330 g/mol. The average molecular weight is 330 g/mol. The third-order valence-corrected chi connectivity index (χ3v) is 3.48. The van der Waals surface area contributed by atoms with Gasteiger partial charge >= 0.3 is 5.91 Å². The highest BCUT2D eigenvalue weighted by Gasteiger charge is 2.18. The molecule has 0 atom stereocenters. The van der Waals surface area contributed by atoms with Crippen LogP contribution in [0.25, 0.3) is 5.57 Å². The minimum atomic E-state index is -1.10. The molecule has 1 heterocycles. The van der Waals surface area contributed by atoms with E-state index in [0.29, 0.717) is 22.4 Å². The zero-order chi connectivity index (χ0) is 18.6. The van der Waals surface area contributed by atoms with Crippen LogP contribution in [0.15, 0.2) is 51.8 Å². The number of hydrogen-bond acceptors (Lipinski definition) is 4. The van der Waals surface area contributed by atoms with Gasteiger partial charge in [-0.2, -0.15) is 0 Å². The molecule has 0 bridgehead atoms. The average Bonchev–Trinajstić information content (AvgIpc) is 2.50. The predicted molar refractivity (Wildman–Crippen MR) is 95.0 cm³/mol.